The van der Waals surface area contributed by atoms with E-state index in [0.29, 0.717) is 18.7 Å². The Morgan fingerprint density at radius 2 is 1.86 bits per heavy atom. The molecule has 0 fully saturated rings. The smallest absolute Gasteiger partial charge is 0.341 e. The molecule has 8 nitrogen and oxygen atoms in total. The van der Waals surface area contributed by atoms with Crippen molar-refractivity contribution in [1.29, 1.82) is 0 Å². The van der Waals surface area contributed by atoms with Gasteiger partial charge in [-0.25, -0.2) is 9.18 Å². The van der Waals surface area contributed by atoms with E-state index in [9.17, 15) is 24.1 Å². The Bertz CT molecular complexity index is 868. The summed E-state index contributed by atoms with van der Waals surface area (Å²) >= 11 is 0. The SMILES string of the molecule is CN(C)c1ccc([N+](=O)[O-])cc1C(=O)OCC(=O)NCCc1ccc(F)cc1. The monoisotopic (exact) mass is 389 g/mol. The van der Waals surface area contributed by atoms with Crippen LogP contribution in [0.3, 0.4) is 0 Å². The first-order valence-corrected chi connectivity index (χ1v) is 8.42. The minimum atomic E-state index is -0.832. The topological polar surface area (TPSA) is 102 Å². The molecule has 0 heterocycles. The molecule has 0 aliphatic rings. The second-order valence-electron chi connectivity index (χ2n) is 6.16. The van der Waals surface area contributed by atoms with Gasteiger partial charge in [0.15, 0.2) is 6.61 Å². The molecule has 0 radical (unpaired) electrons. The molecule has 0 unspecified atom stereocenters. The molecule has 0 spiro atoms. The lowest BCUT2D eigenvalue weighted by Crippen LogP contribution is -2.30. The minimum absolute atomic E-state index is 0.00156. The summed E-state index contributed by atoms with van der Waals surface area (Å²) in [6.07, 6.45) is 0.496. The lowest BCUT2D eigenvalue weighted by molar-refractivity contribution is -0.384. The molecule has 0 saturated heterocycles. The van der Waals surface area contributed by atoms with Gasteiger partial charge in [0.2, 0.25) is 0 Å². The summed E-state index contributed by atoms with van der Waals surface area (Å²) < 4.78 is 17.8. The molecule has 9 heteroatoms. The largest absolute Gasteiger partial charge is 0.452 e. The first kappa shape index (κ1) is 20.8. The zero-order chi connectivity index (χ0) is 20.7. The highest BCUT2D eigenvalue weighted by molar-refractivity contribution is 5.97. The summed E-state index contributed by atoms with van der Waals surface area (Å²) in [5.74, 6) is -1.67. The average Bonchev–Trinajstić information content (AvgIpc) is 2.67. The fraction of sp³-hybridized carbons (Fsp3) is 0.263. The number of non-ortho nitro benzene ring substituents is 1. The Labute approximate surface area is 161 Å². The highest BCUT2D eigenvalue weighted by Crippen LogP contribution is 2.24. The van der Waals surface area contributed by atoms with Crippen molar-refractivity contribution in [2.75, 3.05) is 32.1 Å². The van der Waals surface area contributed by atoms with Crippen molar-refractivity contribution in [2.24, 2.45) is 0 Å². The number of nitro benzene ring substituents is 1. The van der Waals surface area contributed by atoms with Crippen LogP contribution in [0.25, 0.3) is 0 Å². The maximum atomic E-state index is 12.8. The number of hydrogen-bond donors (Lipinski definition) is 1. The number of carbonyl (C=O) groups is 2. The number of halogens is 1. The number of nitrogens with zero attached hydrogens (tertiary/aromatic N) is 2. The number of anilines is 1. The Morgan fingerprint density at radius 3 is 2.46 bits per heavy atom. The third kappa shape index (κ3) is 5.76. The van der Waals surface area contributed by atoms with Crippen molar-refractivity contribution in [1.82, 2.24) is 5.32 Å². The van der Waals surface area contributed by atoms with Crippen LogP contribution in [0.2, 0.25) is 0 Å². The fourth-order valence-corrected chi connectivity index (χ4v) is 2.45. The number of nitro groups is 1. The molecule has 28 heavy (non-hydrogen) atoms. The van der Waals surface area contributed by atoms with Gasteiger partial charge in [-0.05, 0) is 30.2 Å². The van der Waals surface area contributed by atoms with Crippen molar-refractivity contribution in [2.45, 2.75) is 6.42 Å². The third-order valence-electron chi connectivity index (χ3n) is 3.88. The minimum Gasteiger partial charge on any atom is -0.452 e. The van der Waals surface area contributed by atoms with Gasteiger partial charge >= 0.3 is 5.97 Å². The average molecular weight is 389 g/mol. The second kappa shape index (κ2) is 9.45. The predicted molar refractivity (Wildman–Crippen MR) is 101 cm³/mol. The number of amides is 1. The van der Waals surface area contributed by atoms with Crippen LogP contribution in [-0.2, 0) is 16.0 Å². The van der Waals surface area contributed by atoms with E-state index in [1.165, 1.54) is 24.3 Å². The van der Waals surface area contributed by atoms with E-state index in [-0.39, 0.29) is 17.1 Å². The molecule has 0 saturated carbocycles. The Balaban J connectivity index is 1.90. The van der Waals surface area contributed by atoms with E-state index in [2.05, 4.69) is 5.32 Å². The van der Waals surface area contributed by atoms with Crippen LogP contribution < -0.4 is 10.2 Å². The maximum Gasteiger partial charge on any atom is 0.341 e. The Morgan fingerprint density at radius 1 is 1.18 bits per heavy atom. The van der Waals surface area contributed by atoms with Crippen LogP contribution in [0.1, 0.15) is 15.9 Å². The summed E-state index contributed by atoms with van der Waals surface area (Å²) in [5.41, 5.74) is 1.04. The van der Waals surface area contributed by atoms with Gasteiger partial charge in [0.25, 0.3) is 11.6 Å². The number of esters is 1. The molecule has 1 N–H and O–H groups in total. The van der Waals surface area contributed by atoms with Crippen LogP contribution in [0.5, 0.6) is 0 Å². The second-order valence-corrected chi connectivity index (χ2v) is 6.16. The van der Waals surface area contributed by atoms with E-state index in [1.54, 1.807) is 31.1 Å². The summed E-state index contributed by atoms with van der Waals surface area (Å²) in [5, 5.41) is 13.5. The molecule has 1 amide bonds. The van der Waals surface area contributed by atoms with Gasteiger partial charge in [-0.15, -0.1) is 0 Å². The number of nitrogens with one attached hydrogen (secondary N) is 1. The van der Waals surface area contributed by atoms with Crippen LogP contribution >= 0.6 is 0 Å². The number of ether oxygens (including phenoxy) is 1. The summed E-state index contributed by atoms with van der Waals surface area (Å²) in [7, 11) is 3.36. The summed E-state index contributed by atoms with van der Waals surface area (Å²) in [6.45, 7) is -0.223. The van der Waals surface area contributed by atoms with Crippen molar-refractivity contribution in [3.63, 3.8) is 0 Å². The quantitative estimate of drug-likeness (QED) is 0.422. The van der Waals surface area contributed by atoms with Crippen molar-refractivity contribution in [3.05, 3.63) is 69.5 Å². The van der Waals surface area contributed by atoms with Crippen molar-refractivity contribution < 1.29 is 23.6 Å². The molecule has 0 atom stereocenters. The lowest BCUT2D eigenvalue weighted by Gasteiger charge is -2.16. The molecule has 0 aliphatic carbocycles. The predicted octanol–water partition coefficient (Wildman–Crippen LogP) is 2.32. The normalized spacial score (nSPS) is 10.2. The van der Waals surface area contributed by atoms with Gasteiger partial charge in [-0.3, -0.25) is 14.9 Å². The van der Waals surface area contributed by atoms with Crippen molar-refractivity contribution in [3.8, 4) is 0 Å². The number of benzene rings is 2. The Hall–Kier alpha value is -3.49. The van der Waals surface area contributed by atoms with Crippen LogP contribution in [0, 0.1) is 15.9 Å². The van der Waals surface area contributed by atoms with E-state index in [4.69, 9.17) is 4.74 Å². The van der Waals surface area contributed by atoms with Crippen LogP contribution in [0.4, 0.5) is 15.8 Å². The van der Waals surface area contributed by atoms with Gasteiger partial charge < -0.3 is 15.0 Å². The zero-order valence-electron chi connectivity index (χ0n) is 15.5. The third-order valence-corrected chi connectivity index (χ3v) is 3.88. The molecule has 148 valence electrons. The molecular formula is C19H20FN3O5. The molecule has 2 aromatic carbocycles. The highest BCUT2D eigenvalue weighted by Gasteiger charge is 2.20. The van der Waals surface area contributed by atoms with E-state index >= 15 is 0 Å². The molecule has 0 aromatic heterocycles. The van der Waals surface area contributed by atoms with Gasteiger partial charge in [-0.2, -0.15) is 0 Å². The first-order valence-electron chi connectivity index (χ1n) is 8.42. The molecular weight excluding hydrogens is 369 g/mol. The fourth-order valence-electron chi connectivity index (χ4n) is 2.45. The van der Waals surface area contributed by atoms with E-state index in [0.717, 1.165) is 11.6 Å². The molecule has 0 aliphatic heterocycles. The summed E-state index contributed by atoms with van der Waals surface area (Å²) in [6, 6.07) is 9.75. The van der Waals surface area contributed by atoms with Gasteiger partial charge in [0.1, 0.15) is 5.82 Å². The maximum absolute atomic E-state index is 12.8. The summed E-state index contributed by atoms with van der Waals surface area (Å²) in [4.78, 5) is 36.1. The van der Waals surface area contributed by atoms with Gasteiger partial charge in [-0.1, -0.05) is 12.1 Å². The molecule has 0 bridgehead atoms. The number of hydrogen-bond acceptors (Lipinski definition) is 6. The Kier molecular flexibility index (Phi) is 7.02. The number of carbonyl (C=O) groups excluding carboxylic acids is 2. The first-order chi connectivity index (χ1) is 13.3. The van der Waals surface area contributed by atoms with E-state index in [1.807, 2.05) is 0 Å². The molecule has 2 aromatic rings. The molecule has 2 rings (SSSR count). The van der Waals surface area contributed by atoms with Crippen LogP contribution in [0.15, 0.2) is 42.5 Å². The lowest BCUT2D eigenvalue weighted by atomic mass is 10.1. The number of rotatable bonds is 8. The van der Waals surface area contributed by atoms with Crippen LogP contribution in [-0.4, -0.2) is 44.0 Å². The highest BCUT2D eigenvalue weighted by atomic mass is 19.1. The van der Waals surface area contributed by atoms with Gasteiger partial charge in [0.05, 0.1) is 16.2 Å². The van der Waals surface area contributed by atoms with Crippen molar-refractivity contribution >= 4 is 23.3 Å². The van der Waals surface area contributed by atoms with Gasteiger partial charge in [0, 0.05) is 32.8 Å². The standard InChI is InChI=1S/C19H20FN3O5/c1-22(2)17-8-7-15(23(26)27)11-16(17)19(25)28-12-18(24)21-10-9-13-3-5-14(20)6-4-13/h3-8,11H,9-10,12H2,1-2H3,(H,21,24). The van der Waals surface area contributed by atoms with E-state index < -0.39 is 23.4 Å². The zero-order valence-corrected chi connectivity index (χ0v) is 15.5.